The molecule has 0 spiro atoms. The molecule has 12 heteroatoms. The number of carbonyl (C=O) groups excluding carboxylic acids is 2. The van der Waals surface area contributed by atoms with E-state index in [-0.39, 0.29) is 29.9 Å². The van der Waals surface area contributed by atoms with Gasteiger partial charge in [-0.15, -0.1) is 21.5 Å². The average molecular weight is 499 g/mol. The molecule has 170 valence electrons. The number of anilines is 1. The van der Waals surface area contributed by atoms with E-state index in [9.17, 15) is 14.0 Å². The van der Waals surface area contributed by atoms with Crippen LogP contribution in [-0.2, 0) is 23.2 Å². The number of nitrogens with one attached hydrogen (secondary N) is 1. The largest absolute Gasteiger partial charge is 0.486 e. The van der Waals surface area contributed by atoms with Crippen LogP contribution in [0.1, 0.15) is 28.0 Å². The highest BCUT2D eigenvalue weighted by Crippen LogP contribution is 2.29. The monoisotopic (exact) mass is 498 g/mol. The second-order valence-corrected chi connectivity index (χ2v) is 9.09. The lowest BCUT2D eigenvalue weighted by atomic mass is 10.3. The number of aromatic nitrogens is 3. The number of hydrogen-bond acceptors (Lipinski definition) is 8. The quantitative estimate of drug-likeness (QED) is 0.343. The van der Waals surface area contributed by atoms with Gasteiger partial charge in [0.2, 0.25) is 5.91 Å². The molecule has 2 aromatic heterocycles. The van der Waals surface area contributed by atoms with Crippen molar-refractivity contribution < 1.29 is 23.5 Å². The van der Waals surface area contributed by atoms with Crippen molar-refractivity contribution >= 4 is 51.6 Å². The third-order valence-corrected chi connectivity index (χ3v) is 6.40. The molecule has 0 unspecified atom stereocenters. The van der Waals surface area contributed by atoms with Crippen LogP contribution in [0.5, 0.6) is 5.75 Å². The molecule has 1 amide bonds. The predicted molar refractivity (Wildman–Crippen MR) is 121 cm³/mol. The van der Waals surface area contributed by atoms with Crippen molar-refractivity contribution in [3.63, 3.8) is 0 Å². The van der Waals surface area contributed by atoms with Gasteiger partial charge in [-0.2, -0.15) is 0 Å². The standard InChI is InChI=1S/C20H20ClFN4O4S2/c1-4-29-19(28)13-7-11(2)32-18(13)23-17(27)10-31-20-25-24-16(26(20)3)9-30-12-5-6-15(22)14(21)8-12/h5-8H,4,9-10H2,1-3H3,(H,23,27). The van der Waals surface area contributed by atoms with Crippen LogP contribution in [0.2, 0.25) is 5.02 Å². The number of hydrogen-bond donors (Lipinski definition) is 1. The van der Waals surface area contributed by atoms with Gasteiger partial charge in [0.25, 0.3) is 0 Å². The van der Waals surface area contributed by atoms with Gasteiger partial charge in [0.1, 0.15) is 23.2 Å². The molecule has 1 N–H and O–H groups in total. The van der Waals surface area contributed by atoms with E-state index in [1.165, 1.54) is 41.3 Å². The van der Waals surface area contributed by atoms with Crippen molar-refractivity contribution in [2.24, 2.45) is 7.05 Å². The molecule has 1 aromatic carbocycles. The van der Waals surface area contributed by atoms with Crippen LogP contribution in [0, 0.1) is 12.7 Å². The molecule has 0 bridgehead atoms. The Bertz CT molecular complexity index is 1140. The van der Waals surface area contributed by atoms with E-state index in [1.54, 1.807) is 24.6 Å². The Morgan fingerprint density at radius 3 is 2.81 bits per heavy atom. The summed E-state index contributed by atoms with van der Waals surface area (Å²) in [5.74, 6) is -0.297. The summed E-state index contributed by atoms with van der Waals surface area (Å²) in [6, 6.07) is 5.75. The molecule has 0 fully saturated rings. The van der Waals surface area contributed by atoms with Gasteiger partial charge in [0.05, 0.1) is 22.9 Å². The van der Waals surface area contributed by atoms with Crippen LogP contribution in [-0.4, -0.2) is 39.0 Å². The molecule has 3 aromatic rings. The van der Waals surface area contributed by atoms with Gasteiger partial charge in [-0.1, -0.05) is 23.4 Å². The van der Waals surface area contributed by atoms with Gasteiger partial charge in [-0.3, -0.25) is 4.79 Å². The minimum absolute atomic E-state index is 0.0326. The van der Waals surface area contributed by atoms with Gasteiger partial charge in [-0.25, -0.2) is 9.18 Å². The number of benzene rings is 1. The Morgan fingerprint density at radius 1 is 1.31 bits per heavy atom. The van der Waals surface area contributed by atoms with Crippen molar-refractivity contribution in [3.8, 4) is 5.75 Å². The summed E-state index contributed by atoms with van der Waals surface area (Å²) in [7, 11) is 1.75. The summed E-state index contributed by atoms with van der Waals surface area (Å²) < 4.78 is 25.5. The van der Waals surface area contributed by atoms with Crippen LogP contribution >= 0.6 is 34.7 Å². The molecule has 0 saturated heterocycles. The van der Waals surface area contributed by atoms with Gasteiger partial charge >= 0.3 is 5.97 Å². The second-order valence-electron chi connectivity index (χ2n) is 6.48. The van der Waals surface area contributed by atoms with Crippen molar-refractivity contribution in [1.29, 1.82) is 0 Å². The van der Waals surface area contributed by atoms with E-state index in [0.29, 0.717) is 27.3 Å². The molecule has 0 atom stereocenters. The first kappa shape index (κ1) is 24.0. The number of amides is 1. The topological polar surface area (TPSA) is 95.3 Å². The number of esters is 1. The molecular weight excluding hydrogens is 479 g/mol. The third-order valence-electron chi connectivity index (χ3n) is 4.12. The molecule has 0 aliphatic carbocycles. The molecule has 0 radical (unpaired) electrons. The highest BCUT2D eigenvalue weighted by molar-refractivity contribution is 7.99. The van der Waals surface area contributed by atoms with E-state index < -0.39 is 11.8 Å². The number of ether oxygens (including phenoxy) is 2. The van der Waals surface area contributed by atoms with E-state index in [0.717, 1.165) is 4.88 Å². The molecule has 0 saturated carbocycles. The van der Waals surface area contributed by atoms with Crippen molar-refractivity contribution in [1.82, 2.24) is 14.8 Å². The fourth-order valence-electron chi connectivity index (χ4n) is 2.57. The first-order chi connectivity index (χ1) is 15.3. The molecule has 0 aliphatic rings. The Hall–Kier alpha value is -2.63. The Labute approximate surface area is 197 Å². The number of nitrogens with zero attached hydrogens (tertiary/aromatic N) is 3. The number of thioether (sulfide) groups is 1. The molecular formula is C20H20ClFN4O4S2. The minimum atomic E-state index is -0.526. The minimum Gasteiger partial charge on any atom is -0.486 e. The molecule has 2 heterocycles. The number of halogens is 2. The molecule has 32 heavy (non-hydrogen) atoms. The number of carbonyl (C=O) groups is 2. The first-order valence-electron chi connectivity index (χ1n) is 9.44. The lowest BCUT2D eigenvalue weighted by Crippen LogP contribution is -2.16. The zero-order chi connectivity index (χ0) is 23.3. The Morgan fingerprint density at radius 2 is 2.09 bits per heavy atom. The van der Waals surface area contributed by atoms with Crippen molar-refractivity contribution in [3.05, 3.63) is 51.4 Å². The van der Waals surface area contributed by atoms with E-state index in [1.807, 2.05) is 6.92 Å². The maximum atomic E-state index is 13.2. The fraction of sp³-hybridized carbons (Fsp3) is 0.300. The van der Waals surface area contributed by atoms with Gasteiger partial charge in [0.15, 0.2) is 11.0 Å². The first-order valence-corrected chi connectivity index (χ1v) is 11.6. The van der Waals surface area contributed by atoms with Crippen LogP contribution in [0.25, 0.3) is 0 Å². The van der Waals surface area contributed by atoms with Crippen LogP contribution < -0.4 is 10.1 Å². The van der Waals surface area contributed by atoms with Crippen molar-refractivity contribution in [2.75, 3.05) is 17.7 Å². The normalized spacial score (nSPS) is 10.8. The highest BCUT2D eigenvalue weighted by Gasteiger charge is 2.19. The summed E-state index contributed by atoms with van der Waals surface area (Å²) in [5.41, 5.74) is 0.340. The van der Waals surface area contributed by atoms with E-state index in [4.69, 9.17) is 21.1 Å². The van der Waals surface area contributed by atoms with E-state index in [2.05, 4.69) is 15.5 Å². The van der Waals surface area contributed by atoms with E-state index >= 15 is 0 Å². The maximum Gasteiger partial charge on any atom is 0.341 e. The molecule has 3 rings (SSSR count). The molecule has 8 nitrogen and oxygen atoms in total. The SMILES string of the molecule is CCOC(=O)c1cc(C)sc1NC(=O)CSc1nnc(COc2ccc(F)c(Cl)c2)n1C. The Kier molecular flexibility index (Phi) is 8.10. The zero-order valence-electron chi connectivity index (χ0n) is 17.5. The summed E-state index contributed by atoms with van der Waals surface area (Å²) in [5, 5.41) is 11.8. The fourth-order valence-corrected chi connectivity index (χ4v) is 4.39. The number of aryl methyl sites for hydroxylation is 1. The lowest BCUT2D eigenvalue weighted by molar-refractivity contribution is -0.113. The van der Waals surface area contributed by atoms with Crippen LogP contribution in [0.15, 0.2) is 29.4 Å². The van der Waals surface area contributed by atoms with Gasteiger partial charge < -0.3 is 19.4 Å². The number of thiophene rings is 1. The predicted octanol–water partition coefficient (Wildman–Crippen LogP) is 4.46. The zero-order valence-corrected chi connectivity index (χ0v) is 19.9. The van der Waals surface area contributed by atoms with Crippen LogP contribution in [0.3, 0.4) is 0 Å². The second kappa shape index (κ2) is 10.8. The van der Waals surface area contributed by atoms with Crippen LogP contribution in [0.4, 0.5) is 9.39 Å². The van der Waals surface area contributed by atoms with Crippen molar-refractivity contribution in [2.45, 2.75) is 25.6 Å². The smallest absolute Gasteiger partial charge is 0.341 e. The maximum absolute atomic E-state index is 13.2. The summed E-state index contributed by atoms with van der Waals surface area (Å²) >= 11 is 8.25. The third kappa shape index (κ3) is 5.99. The summed E-state index contributed by atoms with van der Waals surface area (Å²) in [6.07, 6.45) is 0. The Balaban J connectivity index is 1.56. The summed E-state index contributed by atoms with van der Waals surface area (Å²) in [4.78, 5) is 25.4. The summed E-state index contributed by atoms with van der Waals surface area (Å²) in [6.45, 7) is 3.92. The number of rotatable bonds is 9. The average Bonchev–Trinajstić information content (AvgIpc) is 3.29. The molecule has 0 aliphatic heterocycles. The highest BCUT2D eigenvalue weighted by atomic mass is 35.5. The lowest BCUT2D eigenvalue weighted by Gasteiger charge is -2.08. The van der Waals surface area contributed by atoms with Gasteiger partial charge in [-0.05, 0) is 32.0 Å². The van der Waals surface area contributed by atoms with Gasteiger partial charge in [0, 0.05) is 18.0 Å².